The van der Waals surface area contributed by atoms with Gasteiger partial charge in [-0.2, -0.15) is 0 Å². The molecule has 1 aromatic carbocycles. The van der Waals surface area contributed by atoms with Crippen molar-refractivity contribution in [3.05, 3.63) is 30.1 Å². The third kappa shape index (κ3) is 6.23. The number of anilines is 1. The van der Waals surface area contributed by atoms with Gasteiger partial charge in [-0.3, -0.25) is 9.69 Å². The van der Waals surface area contributed by atoms with E-state index in [4.69, 9.17) is 5.73 Å². The molecule has 0 saturated carbocycles. The average Bonchev–Trinajstić information content (AvgIpc) is 2.41. The number of rotatable bonds is 8. The molecule has 0 spiro atoms. The van der Waals surface area contributed by atoms with Crippen LogP contribution in [0.25, 0.3) is 0 Å². The first-order chi connectivity index (χ1) is 9.88. The summed E-state index contributed by atoms with van der Waals surface area (Å²) in [6.45, 7) is 8.57. The smallest absolute Gasteiger partial charge is 0.238 e. The number of hydrogen-bond donors (Lipinski definition) is 2. The van der Waals surface area contributed by atoms with Gasteiger partial charge in [0.25, 0.3) is 0 Å². The first-order valence-corrected chi connectivity index (χ1v) is 7.35. The third-order valence-corrected chi connectivity index (χ3v) is 3.26. The summed E-state index contributed by atoms with van der Waals surface area (Å²) < 4.78 is 13.5. The summed E-state index contributed by atoms with van der Waals surface area (Å²) in [7, 11) is 0. The molecule has 0 aliphatic rings. The van der Waals surface area contributed by atoms with Crippen molar-refractivity contribution in [3.8, 4) is 0 Å². The fourth-order valence-electron chi connectivity index (χ4n) is 2.16. The molecule has 21 heavy (non-hydrogen) atoms. The van der Waals surface area contributed by atoms with Crippen LogP contribution in [0.5, 0.6) is 0 Å². The van der Waals surface area contributed by atoms with Gasteiger partial charge >= 0.3 is 0 Å². The third-order valence-electron chi connectivity index (χ3n) is 3.26. The second-order valence-corrected chi connectivity index (χ2v) is 6.11. The molecule has 0 aliphatic heterocycles. The summed E-state index contributed by atoms with van der Waals surface area (Å²) in [4.78, 5) is 14.1. The first kappa shape index (κ1) is 17.6. The lowest BCUT2D eigenvalue weighted by Crippen LogP contribution is -2.42. The van der Waals surface area contributed by atoms with E-state index in [1.807, 2.05) is 0 Å². The summed E-state index contributed by atoms with van der Waals surface area (Å²) in [5, 5.41) is 2.62. The summed E-state index contributed by atoms with van der Waals surface area (Å²) in [6, 6.07) is 6.18. The van der Waals surface area contributed by atoms with Gasteiger partial charge < -0.3 is 11.1 Å². The van der Waals surface area contributed by atoms with Crippen molar-refractivity contribution in [1.82, 2.24) is 4.90 Å². The molecule has 0 fully saturated rings. The van der Waals surface area contributed by atoms with Crippen molar-refractivity contribution < 1.29 is 9.18 Å². The van der Waals surface area contributed by atoms with Gasteiger partial charge in [0.1, 0.15) is 5.82 Å². The van der Waals surface area contributed by atoms with Gasteiger partial charge in [0, 0.05) is 6.54 Å². The molecule has 1 aromatic rings. The number of para-hydroxylation sites is 1. The van der Waals surface area contributed by atoms with E-state index in [1.165, 1.54) is 6.07 Å². The number of halogens is 1. The Balaban J connectivity index is 2.62. The molecule has 5 heteroatoms. The summed E-state index contributed by atoms with van der Waals surface area (Å²) >= 11 is 0. The number of benzene rings is 1. The molecule has 1 amide bonds. The molecular formula is C16H26FN3O. The van der Waals surface area contributed by atoms with E-state index in [1.54, 1.807) is 18.2 Å². The minimum atomic E-state index is -0.421. The number of hydrogen-bond acceptors (Lipinski definition) is 3. The van der Waals surface area contributed by atoms with Crippen molar-refractivity contribution in [2.75, 3.05) is 31.5 Å². The topological polar surface area (TPSA) is 58.4 Å². The molecule has 3 N–H and O–H groups in total. The monoisotopic (exact) mass is 295 g/mol. The molecule has 0 radical (unpaired) electrons. The molecule has 118 valence electrons. The number of carbonyl (C=O) groups excluding carboxylic acids is 1. The van der Waals surface area contributed by atoms with Gasteiger partial charge in [0.05, 0.1) is 12.2 Å². The maximum Gasteiger partial charge on any atom is 0.238 e. The van der Waals surface area contributed by atoms with Crippen LogP contribution < -0.4 is 11.1 Å². The Bertz CT molecular complexity index is 463. The highest BCUT2D eigenvalue weighted by molar-refractivity contribution is 5.92. The van der Waals surface area contributed by atoms with Crippen molar-refractivity contribution in [2.45, 2.75) is 27.2 Å². The second kappa shape index (κ2) is 8.10. The quantitative estimate of drug-likeness (QED) is 0.774. The lowest BCUT2D eigenvalue weighted by atomic mass is 9.93. The predicted octanol–water partition coefficient (Wildman–Crippen LogP) is 2.46. The number of amides is 1. The minimum absolute atomic E-state index is 0.0482. The zero-order valence-electron chi connectivity index (χ0n) is 13.2. The largest absolute Gasteiger partial charge is 0.330 e. The second-order valence-electron chi connectivity index (χ2n) is 6.11. The molecule has 0 saturated heterocycles. The predicted molar refractivity (Wildman–Crippen MR) is 84.6 cm³/mol. The summed E-state index contributed by atoms with van der Waals surface area (Å²) in [5.41, 5.74) is 5.92. The normalized spacial score (nSPS) is 11.7. The molecule has 0 aromatic heterocycles. The Morgan fingerprint density at radius 1 is 1.38 bits per heavy atom. The van der Waals surface area contributed by atoms with Gasteiger partial charge in [-0.15, -0.1) is 0 Å². The standard InChI is InChI=1S/C16H26FN3O/c1-4-9-20(12-16(2,3)11-18)10-15(21)19-14-8-6-5-7-13(14)17/h5-8H,4,9-12,18H2,1-3H3,(H,19,21). The average molecular weight is 295 g/mol. The van der Waals surface area contributed by atoms with E-state index in [0.717, 1.165) is 19.5 Å². The van der Waals surface area contributed by atoms with Crippen LogP contribution in [0, 0.1) is 11.2 Å². The van der Waals surface area contributed by atoms with E-state index >= 15 is 0 Å². The summed E-state index contributed by atoms with van der Waals surface area (Å²) in [6.07, 6.45) is 0.952. The number of nitrogens with zero attached hydrogens (tertiary/aromatic N) is 1. The molecule has 0 heterocycles. The Kier molecular flexibility index (Phi) is 6.78. The number of nitrogens with two attached hydrogens (primary N) is 1. The Hall–Kier alpha value is -1.46. The Labute approximate surface area is 126 Å². The van der Waals surface area contributed by atoms with E-state index < -0.39 is 5.82 Å². The van der Waals surface area contributed by atoms with Crippen molar-refractivity contribution >= 4 is 11.6 Å². The fourth-order valence-corrected chi connectivity index (χ4v) is 2.16. The SMILES string of the molecule is CCCN(CC(=O)Nc1ccccc1F)CC(C)(C)CN. The van der Waals surface area contributed by atoms with E-state index in [0.29, 0.717) is 6.54 Å². The lowest BCUT2D eigenvalue weighted by molar-refractivity contribution is -0.117. The molecule has 1 rings (SSSR count). The van der Waals surface area contributed by atoms with Crippen LogP contribution in [-0.4, -0.2) is 37.0 Å². The van der Waals surface area contributed by atoms with Crippen molar-refractivity contribution in [3.63, 3.8) is 0 Å². The molecule has 0 atom stereocenters. The van der Waals surface area contributed by atoms with E-state index in [9.17, 15) is 9.18 Å². The maximum absolute atomic E-state index is 13.5. The van der Waals surface area contributed by atoms with Gasteiger partial charge in [0.15, 0.2) is 0 Å². The van der Waals surface area contributed by atoms with E-state index in [-0.39, 0.29) is 23.6 Å². The zero-order valence-corrected chi connectivity index (χ0v) is 13.2. The van der Waals surface area contributed by atoms with Gasteiger partial charge in [-0.05, 0) is 37.1 Å². The van der Waals surface area contributed by atoms with Gasteiger partial charge in [0.2, 0.25) is 5.91 Å². The zero-order chi connectivity index (χ0) is 15.9. The lowest BCUT2D eigenvalue weighted by Gasteiger charge is -2.31. The maximum atomic E-state index is 13.5. The highest BCUT2D eigenvalue weighted by Crippen LogP contribution is 2.16. The fraction of sp³-hybridized carbons (Fsp3) is 0.562. The van der Waals surface area contributed by atoms with Gasteiger partial charge in [-0.25, -0.2) is 4.39 Å². The molecule has 0 bridgehead atoms. The molecule has 0 unspecified atom stereocenters. The van der Waals surface area contributed by atoms with Crippen LogP contribution in [0.15, 0.2) is 24.3 Å². The highest BCUT2D eigenvalue weighted by atomic mass is 19.1. The molecule has 0 aliphatic carbocycles. The number of carbonyl (C=O) groups is 1. The molecular weight excluding hydrogens is 269 g/mol. The minimum Gasteiger partial charge on any atom is -0.330 e. The first-order valence-electron chi connectivity index (χ1n) is 7.35. The van der Waals surface area contributed by atoms with Crippen LogP contribution in [-0.2, 0) is 4.79 Å². The Morgan fingerprint density at radius 3 is 2.62 bits per heavy atom. The molecule has 4 nitrogen and oxygen atoms in total. The Morgan fingerprint density at radius 2 is 2.05 bits per heavy atom. The highest BCUT2D eigenvalue weighted by Gasteiger charge is 2.21. The van der Waals surface area contributed by atoms with Crippen molar-refractivity contribution in [2.24, 2.45) is 11.1 Å². The van der Waals surface area contributed by atoms with E-state index in [2.05, 4.69) is 31.0 Å². The van der Waals surface area contributed by atoms with Crippen LogP contribution in [0.3, 0.4) is 0 Å². The number of nitrogens with one attached hydrogen (secondary N) is 1. The van der Waals surface area contributed by atoms with Crippen LogP contribution in [0.1, 0.15) is 27.2 Å². The van der Waals surface area contributed by atoms with Crippen LogP contribution in [0.2, 0.25) is 0 Å². The van der Waals surface area contributed by atoms with Gasteiger partial charge in [-0.1, -0.05) is 32.9 Å². The summed E-state index contributed by atoms with van der Waals surface area (Å²) in [5.74, 6) is -0.628. The van der Waals surface area contributed by atoms with Crippen molar-refractivity contribution in [1.29, 1.82) is 0 Å². The van der Waals surface area contributed by atoms with Crippen LogP contribution in [0.4, 0.5) is 10.1 Å². The van der Waals surface area contributed by atoms with Crippen LogP contribution >= 0.6 is 0 Å².